The van der Waals surface area contributed by atoms with Gasteiger partial charge in [0.05, 0.1) is 18.3 Å². The number of hydrogen-bond acceptors (Lipinski definition) is 8. The van der Waals surface area contributed by atoms with E-state index in [0.29, 0.717) is 5.69 Å². The molecule has 2 aliphatic rings. The van der Waals surface area contributed by atoms with E-state index in [1.807, 2.05) is 54.8 Å². The Morgan fingerprint density at radius 1 is 0.780 bits per heavy atom. The molecule has 1 aromatic heterocycles. The van der Waals surface area contributed by atoms with Crippen LogP contribution in [0.15, 0.2) is 121 Å². The van der Waals surface area contributed by atoms with Crippen molar-refractivity contribution in [2.45, 2.75) is 57.1 Å². The number of fused-ring (bicyclic) bond motifs is 1. The van der Waals surface area contributed by atoms with Gasteiger partial charge in [-0.15, -0.1) is 0 Å². The molecular weight excluding hydrogens is 636 g/mol. The summed E-state index contributed by atoms with van der Waals surface area (Å²) in [6.07, 6.45) is 10.6. The number of allylic oxidation sites excluding steroid dienone is 2. The molecule has 5 atom stereocenters. The van der Waals surface area contributed by atoms with Crippen LogP contribution in [0.25, 0.3) is 0 Å². The summed E-state index contributed by atoms with van der Waals surface area (Å²) in [5, 5.41) is 13.9. The summed E-state index contributed by atoms with van der Waals surface area (Å²) in [6.45, 7) is 1.52. The molecule has 2 aromatic carbocycles. The summed E-state index contributed by atoms with van der Waals surface area (Å²) >= 11 is 0. The maximum atomic E-state index is 14.0. The third-order valence-corrected chi connectivity index (χ3v) is 8.33. The Morgan fingerprint density at radius 3 is 2.18 bits per heavy atom. The first-order valence-corrected chi connectivity index (χ1v) is 16.4. The molecule has 0 bridgehead atoms. The number of carbonyl (C=O) groups excluding carboxylic acids is 5. The lowest BCUT2D eigenvalue weighted by Crippen LogP contribution is -2.57. The van der Waals surface area contributed by atoms with Gasteiger partial charge in [-0.1, -0.05) is 91.0 Å². The standard InChI is InChI=1S/C38H40N6O6/c1-25(42-38(49)50-24-27-14-6-3-7-15-27)35(46)44-33(21-28-22-40-31-18-9-8-17-30(28)31)36(47)43-32(20-26-12-4-2-5-13-26)34(45)37(48)41-23-29-16-10-11-19-39-29/h2-19,22,25,30-33,40H,20-21,23-24H2,1H3,(H,41,48)(H,42,49)(H,43,47)(H,44,46)/t25-,30?,31?,32-,33-/m0/s1. The number of ketones is 1. The minimum Gasteiger partial charge on any atom is -0.445 e. The van der Waals surface area contributed by atoms with Crippen LogP contribution < -0.4 is 26.6 Å². The number of alkyl carbamates (subject to hydrolysis) is 1. The lowest BCUT2D eigenvalue weighted by molar-refractivity contribution is -0.140. The second kappa shape index (κ2) is 17.4. The monoisotopic (exact) mass is 676 g/mol. The van der Waals surface area contributed by atoms with Crippen LogP contribution in [-0.2, 0) is 43.5 Å². The first-order chi connectivity index (χ1) is 24.3. The lowest BCUT2D eigenvalue weighted by atomic mass is 9.87. The number of rotatable bonds is 15. The highest BCUT2D eigenvalue weighted by Gasteiger charge is 2.35. The number of Topliss-reactive ketones (excluding diaryl/α,β-unsaturated/α-hetero) is 1. The predicted octanol–water partition coefficient (Wildman–Crippen LogP) is 2.78. The summed E-state index contributed by atoms with van der Waals surface area (Å²) in [4.78, 5) is 70.7. The van der Waals surface area contributed by atoms with E-state index in [9.17, 15) is 24.0 Å². The van der Waals surface area contributed by atoms with Crippen LogP contribution in [0.3, 0.4) is 0 Å². The third kappa shape index (κ3) is 9.99. The Kier molecular flexibility index (Phi) is 12.3. The topological polar surface area (TPSA) is 168 Å². The van der Waals surface area contributed by atoms with Crippen LogP contribution in [-0.4, -0.2) is 58.7 Å². The number of pyridine rings is 1. The van der Waals surface area contributed by atoms with Crippen molar-refractivity contribution in [3.63, 3.8) is 0 Å². The normalized spacial score (nSPS) is 17.5. The molecular formula is C38H40N6O6. The predicted molar refractivity (Wildman–Crippen MR) is 186 cm³/mol. The van der Waals surface area contributed by atoms with Crippen LogP contribution in [0.4, 0.5) is 4.79 Å². The van der Waals surface area contributed by atoms with Crippen molar-refractivity contribution in [2.75, 3.05) is 0 Å². The summed E-state index contributed by atoms with van der Waals surface area (Å²) in [6, 6.07) is 19.9. The van der Waals surface area contributed by atoms with Gasteiger partial charge >= 0.3 is 6.09 Å². The lowest BCUT2D eigenvalue weighted by Gasteiger charge is -2.26. The fourth-order valence-corrected chi connectivity index (χ4v) is 5.61. The van der Waals surface area contributed by atoms with E-state index >= 15 is 0 Å². The molecule has 5 rings (SSSR count). The van der Waals surface area contributed by atoms with Crippen molar-refractivity contribution in [3.05, 3.63) is 138 Å². The molecule has 0 saturated carbocycles. The number of ether oxygens (including phenoxy) is 1. The zero-order chi connectivity index (χ0) is 35.3. The van der Waals surface area contributed by atoms with E-state index in [1.165, 1.54) is 6.92 Å². The van der Waals surface area contributed by atoms with Gasteiger partial charge in [0, 0.05) is 18.5 Å². The molecule has 258 valence electrons. The Labute approximate surface area is 290 Å². The molecule has 2 unspecified atom stereocenters. The van der Waals surface area contributed by atoms with E-state index in [0.717, 1.165) is 16.7 Å². The summed E-state index contributed by atoms with van der Waals surface area (Å²) in [5.41, 5.74) is 2.93. The second-order valence-corrected chi connectivity index (χ2v) is 12.0. The zero-order valence-corrected chi connectivity index (χ0v) is 27.6. The minimum absolute atomic E-state index is 0.00425. The third-order valence-electron chi connectivity index (χ3n) is 8.33. The van der Waals surface area contributed by atoms with Gasteiger partial charge in [-0.05, 0) is 48.4 Å². The van der Waals surface area contributed by atoms with Crippen LogP contribution in [0.5, 0.6) is 0 Å². The Hall–Kier alpha value is -6.04. The molecule has 1 aliphatic heterocycles. The van der Waals surface area contributed by atoms with E-state index in [-0.39, 0.29) is 38.0 Å². The van der Waals surface area contributed by atoms with E-state index < -0.39 is 47.7 Å². The summed E-state index contributed by atoms with van der Waals surface area (Å²) < 4.78 is 5.25. The molecule has 5 N–H and O–H groups in total. The van der Waals surface area contributed by atoms with Crippen molar-refractivity contribution in [1.82, 2.24) is 31.6 Å². The molecule has 50 heavy (non-hydrogen) atoms. The quantitative estimate of drug-likeness (QED) is 0.153. The average Bonchev–Trinajstić information content (AvgIpc) is 3.55. The molecule has 2 heterocycles. The van der Waals surface area contributed by atoms with Gasteiger partial charge in [0.25, 0.3) is 5.91 Å². The number of nitrogens with zero attached hydrogens (tertiary/aromatic N) is 1. The van der Waals surface area contributed by atoms with Gasteiger partial charge in [-0.3, -0.25) is 24.2 Å². The number of amides is 4. The first-order valence-electron chi connectivity index (χ1n) is 16.4. The fourth-order valence-electron chi connectivity index (χ4n) is 5.61. The highest BCUT2D eigenvalue weighted by atomic mass is 16.5. The molecule has 4 amide bonds. The Bertz CT molecular complexity index is 1750. The van der Waals surface area contributed by atoms with Gasteiger partial charge in [-0.25, -0.2) is 4.79 Å². The smallest absolute Gasteiger partial charge is 0.408 e. The molecule has 0 fully saturated rings. The average molecular weight is 677 g/mol. The number of benzene rings is 2. The molecule has 0 radical (unpaired) electrons. The number of aromatic nitrogens is 1. The van der Waals surface area contributed by atoms with Crippen LogP contribution in [0.2, 0.25) is 0 Å². The summed E-state index contributed by atoms with van der Waals surface area (Å²) in [5.74, 6) is -3.07. The number of carbonyl (C=O) groups is 5. The number of hydrogen-bond donors (Lipinski definition) is 5. The first kappa shape index (κ1) is 35.3. The van der Waals surface area contributed by atoms with E-state index in [4.69, 9.17) is 4.74 Å². The maximum absolute atomic E-state index is 14.0. The van der Waals surface area contributed by atoms with Crippen LogP contribution in [0, 0.1) is 5.92 Å². The second-order valence-electron chi connectivity index (χ2n) is 12.0. The summed E-state index contributed by atoms with van der Waals surface area (Å²) in [7, 11) is 0. The zero-order valence-electron chi connectivity index (χ0n) is 27.6. The Balaban J connectivity index is 1.29. The van der Waals surface area contributed by atoms with Gasteiger partial charge in [0.1, 0.15) is 24.7 Å². The molecule has 12 nitrogen and oxygen atoms in total. The minimum atomic E-state index is -1.24. The van der Waals surface area contributed by atoms with E-state index in [2.05, 4.69) is 31.6 Å². The molecule has 0 spiro atoms. The maximum Gasteiger partial charge on any atom is 0.408 e. The van der Waals surface area contributed by atoms with Crippen LogP contribution >= 0.6 is 0 Å². The highest BCUT2D eigenvalue weighted by molar-refractivity contribution is 6.38. The largest absolute Gasteiger partial charge is 0.445 e. The van der Waals surface area contributed by atoms with Crippen LogP contribution in [0.1, 0.15) is 30.2 Å². The molecule has 1 aliphatic carbocycles. The number of nitrogens with one attached hydrogen (secondary N) is 5. The SMILES string of the molecule is C[C@H](NC(=O)OCc1ccccc1)C(=O)N[C@@H](CC1=CNC2C=CC=CC12)C(=O)N[C@@H](Cc1ccccc1)C(=O)C(=O)NCc1ccccn1. The van der Waals surface area contributed by atoms with Crippen molar-refractivity contribution in [1.29, 1.82) is 0 Å². The van der Waals surface area contributed by atoms with Crippen molar-refractivity contribution in [3.8, 4) is 0 Å². The highest BCUT2D eigenvalue weighted by Crippen LogP contribution is 2.29. The molecule has 3 aromatic rings. The van der Waals surface area contributed by atoms with Gasteiger partial charge in [0.15, 0.2) is 0 Å². The van der Waals surface area contributed by atoms with Crippen molar-refractivity contribution >= 4 is 29.6 Å². The van der Waals surface area contributed by atoms with Crippen molar-refractivity contribution in [2.24, 2.45) is 5.92 Å². The molecule has 0 saturated heterocycles. The van der Waals surface area contributed by atoms with Gasteiger partial charge in [-0.2, -0.15) is 0 Å². The van der Waals surface area contributed by atoms with Gasteiger partial charge in [0.2, 0.25) is 17.6 Å². The van der Waals surface area contributed by atoms with Gasteiger partial charge < -0.3 is 31.3 Å². The fraction of sp³-hybridized carbons (Fsp3) is 0.263. The Morgan fingerprint density at radius 2 is 1.46 bits per heavy atom. The van der Waals surface area contributed by atoms with E-state index in [1.54, 1.807) is 60.8 Å². The molecule has 12 heteroatoms. The van der Waals surface area contributed by atoms with Crippen molar-refractivity contribution < 1.29 is 28.7 Å².